The Hall–Kier alpha value is -2.50. The van der Waals surface area contributed by atoms with Crippen molar-refractivity contribution in [1.29, 1.82) is 0 Å². The predicted octanol–water partition coefficient (Wildman–Crippen LogP) is 2.93. The van der Waals surface area contributed by atoms with Gasteiger partial charge in [0.05, 0.1) is 25.4 Å². The molecule has 1 aliphatic rings. The average molecular weight is 353 g/mol. The summed E-state index contributed by atoms with van der Waals surface area (Å²) in [4.78, 5) is 26.6. The molecular formula is C21H23NO4. The van der Waals surface area contributed by atoms with E-state index in [0.29, 0.717) is 23.3 Å². The second-order valence-corrected chi connectivity index (χ2v) is 6.21. The number of ketones is 1. The Bertz CT molecular complexity index is 747. The van der Waals surface area contributed by atoms with E-state index >= 15 is 0 Å². The molecule has 5 heteroatoms. The van der Waals surface area contributed by atoms with Gasteiger partial charge in [0.25, 0.3) is 0 Å². The molecule has 1 aliphatic heterocycles. The van der Waals surface area contributed by atoms with E-state index < -0.39 is 0 Å². The minimum absolute atomic E-state index is 0.0571. The lowest BCUT2D eigenvalue weighted by Crippen LogP contribution is -2.35. The van der Waals surface area contributed by atoms with Crippen molar-refractivity contribution < 1.29 is 19.1 Å². The highest BCUT2D eigenvalue weighted by atomic mass is 16.5. The van der Waals surface area contributed by atoms with Crippen LogP contribution in [0.4, 0.5) is 0 Å². The maximum absolute atomic E-state index is 12.6. The van der Waals surface area contributed by atoms with Gasteiger partial charge in [0.15, 0.2) is 5.78 Å². The molecule has 0 aliphatic carbocycles. The maximum Gasteiger partial charge on any atom is 0.338 e. The first-order chi connectivity index (χ1) is 12.7. The molecule has 1 heterocycles. The Morgan fingerprint density at radius 1 is 0.923 bits per heavy atom. The summed E-state index contributed by atoms with van der Waals surface area (Å²) in [5.41, 5.74) is 2.82. The summed E-state index contributed by atoms with van der Waals surface area (Å²) in [5, 5.41) is 0. The number of hydrogen-bond acceptors (Lipinski definition) is 5. The van der Waals surface area contributed by atoms with Gasteiger partial charge in [0.2, 0.25) is 0 Å². The van der Waals surface area contributed by atoms with Crippen LogP contribution in [-0.4, -0.2) is 49.6 Å². The van der Waals surface area contributed by atoms with Gasteiger partial charge in [-0.05, 0) is 24.6 Å². The first-order valence-electron chi connectivity index (χ1n) is 8.88. The second kappa shape index (κ2) is 8.74. The van der Waals surface area contributed by atoms with E-state index in [1.54, 1.807) is 31.2 Å². The molecule has 0 radical (unpaired) electrons. The highest BCUT2D eigenvalue weighted by molar-refractivity contribution is 6.09. The van der Waals surface area contributed by atoms with Crippen LogP contribution in [0.1, 0.15) is 38.8 Å². The van der Waals surface area contributed by atoms with Crippen LogP contribution < -0.4 is 0 Å². The fourth-order valence-electron chi connectivity index (χ4n) is 2.92. The van der Waals surface area contributed by atoms with Gasteiger partial charge in [0, 0.05) is 30.8 Å². The first-order valence-corrected chi connectivity index (χ1v) is 8.88. The fourth-order valence-corrected chi connectivity index (χ4v) is 2.92. The smallest absolute Gasteiger partial charge is 0.338 e. The molecule has 0 unspecified atom stereocenters. The Kier molecular flexibility index (Phi) is 6.15. The summed E-state index contributed by atoms with van der Waals surface area (Å²) in [5.74, 6) is -0.433. The molecule has 0 bridgehead atoms. The monoisotopic (exact) mass is 353 g/mol. The first kappa shape index (κ1) is 18.3. The standard InChI is InChI=1S/C21H23NO4/c1-2-26-21(24)19-9-7-18(8-10-19)20(23)17-5-3-16(4-6-17)15-22-11-13-25-14-12-22/h3-10H,2,11-15H2,1H3. The third kappa shape index (κ3) is 4.56. The fraction of sp³-hybridized carbons (Fsp3) is 0.333. The minimum Gasteiger partial charge on any atom is -0.462 e. The topological polar surface area (TPSA) is 55.8 Å². The number of morpholine rings is 1. The average Bonchev–Trinajstić information content (AvgIpc) is 2.69. The van der Waals surface area contributed by atoms with Gasteiger partial charge in [-0.15, -0.1) is 0 Å². The van der Waals surface area contributed by atoms with Gasteiger partial charge in [-0.2, -0.15) is 0 Å². The molecule has 1 saturated heterocycles. The Balaban J connectivity index is 1.64. The number of nitrogens with zero attached hydrogens (tertiary/aromatic N) is 1. The van der Waals surface area contributed by atoms with Crippen LogP contribution in [0.25, 0.3) is 0 Å². The van der Waals surface area contributed by atoms with Gasteiger partial charge in [-0.1, -0.05) is 36.4 Å². The molecular weight excluding hydrogens is 330 g/mol. The molecule has 2 aromatic rings. The Labute approximate surface area is 153 Å². The van der Waals surface area contributed by atoms with Gasteiger partial charge in [0.1, 0.15) is 0 Å². The highest BCUT2D eigenvalue weighted by Gasteiger charge is 2.13. The summed E-state index contributed by atoms with van der Waals surface area (Å²) in [6, 6.07) is 14.3. The number of hydrogen-bond donors (Lipinski definition) is 0. The van der Waals surface area contributed by atoms with Gasteiger partial charge in [-0.25, -0.2) is 4.79 Å². The molecule has 5 nitrogen and oxygen atoms in total. The quantitative estimate of drug-likeness (QED) is 0.590. The zero-order chi connectivity index (χ0) is 18.4. The number of carbonyl (C=O) groups is 2. The summed E-state index contributed by atoms with van der Waals surface area (Å²) in [6.45, 7) is 6.39. The van der Waals surface area contributed by atoms with Gasteiger partial charge in [-0.3, -0.25) is 9.69 Å². The predicted molar refractivity (Wildman–Crippen MR) is 98.4 cm³/mol. The van der Waals surface area contributed by atoms with E-state index in [1.165, 1.54) is 5.56 Å². The van der Waals surface area contributed by atoms with Crippen LogP contribution in [0.15, 0.2) is 48.5 Å². The van der Waals surface area contributed by atoms with Crippen molar-refractivity contribution in [3.05, 3.63) is 70.8 Å². The molecule has 0 aromatic heterocycles. The molecule has 1 fully saturated rings. The summed E-state index contributed by atoms with van der Waals surface area (Å²) >= 11 is 0. The van der Waals surface area contributed by atoms with Crippen LogP contribution in [0, 0.1) is 0 Å². The Morgan fingerprint density at radius 3 is 2.04 bits per heavy atom. The largest absolute Gasteiger partial charge is 0.462 e. The third-order valence-electron chi connectivity index (χ3n) is 4.38. The molecule has 0 saturated carbocycles. The van der Waals surface area contributed by atoms with Gasteiger partial charge >= 0.3 is 5.97 Å². The summed E-state index contributed by atoms with van der Waals surface area (Å²) in [6.07, 6.45) is 0. The van der Waals surface area contributed by atoms with Crippen LogP contribution in [-0.2, 0) is 16.0 Å². The molecule has 136 valence electrons. The van der Waals surface area contributed by atoms with E-state index in [4.69, 9.17) is 9.47 Å². The summed E-state index contributed by atoms with van der Waals surface area (Å²) < 4.78 is 10.3. The molecule has 0 atom stereocenters. The van der Waals surface area contributed by atoms with Crippen molar-refractivity contribution in [2.24, 2.45) is 0 Å². The normalized spacial score (nSPS) is 14.8. The number of esters is 1. The minimum atomic E-state index is -0.376. The van der Waals surface area contributed by atoms with Crippen molar-refractivity contribution in [2.75, 3.05) is 32.9 Å². The van der Waals surface area contributed by atoms with E-state index in [-0.39, 0.29) is 11.8 Å². The summed E-state index contributed by atoms with van der Waals surface area (Å²) in [7, 11) is 0. The van der Waals surface area contributed by atoms with Crippen molar-refractivity contribution in [3.63, 3.8) is 0 Å². The van der Waals surface area contributed by atoms with Crippen molar-refractivity contribution in [1.82, 2.24) is 4.90 Å². The maximum atomic E-state index is 12.6. The SMILES string of the molecule is CCOC(=O)c1ccc(C(=O)c2ccc(CN3CCOCC3)cc2)cc1. The van der Waals surface area contributed by atoms with Crippen LogP contribution in [0.5, 0.6) is 0 Å². The molecule has 0 spiro atoms. The zero-order valence-corrected chi connectivity index (χ0v) is 14.9. The lowest BCUT2D eigenvalue weighted by Gasteiger charge is -2.26. The second-order valence-electron chi connectivity index (χ2n) is 6.21. The molecule has 0 amide bonds. The van der Waals surface area contributed by atoms with E-state index in [2.05, 4.69) is 4.90 Å². The van der Waals surface area contributed by atoms with Crippen LogP contribution in [0.2, 0.25) is 0 Å². The van der Waals surface area contributed by atoms with Gasteiger partial charge < -0.3 is 9.47 Å². The molecule has 3 rings (SSSR count). The number of ether oxygens (including phenoxy) is 2. The van der Waals surface area contributed by atoms with E-state index in [1.807, 2.05) is 24.3 Å². The van der Waals surface area contributed by atoms with Crippen LogP contribution >= 0.6 is 0 Å². The number of benzene rings is 2. The molecule has 0 N–H and O–H groups in total. The third-order valence-corrected chi connectivity index (χ3v) is 4.38. The van der Waals surface area contributed by atoms with Crippen LogP contribution in [0.3, 0.4) is 0 Å². The molecule has 2 aromatic carbocycles. The van der Waals surface area contributed by atoms with Crippen molar-refractivity contribution in [3.8, 4) is 0 Å². The Morgan fingerprint density at radius 2 is 1.46 bits per heavy atom. The lowest BCUT2D eigenvalue weighted by molar-refractivity contribution is 0.0342. The van der Waals surface area contributed by atoms with Crippen molar-refractivity contribution in [2.45, 2.75) is 13.5 Å². The van der Waals surface area contributed by atoms with Crippen molar-refractivity contribution >= 4 is 11.8 Å². The van der Waals surface area contributed by atoms with E-state index in [9.17, 15) is 9.59 Å². The number of carbonyl (C=O) groups excluding carboxylic acids is 2. The van der Waals surface area contributed by atoms with E-state index in [0.717, 1.165) is 32.8 Å². The number of rotatable bonds is 6. The highest BCUT2D eigenvalue weighted by Crippen LogP contribution is 2.14. The molecule has 26 heavy (non-hydrogen) atoms. The zero-order valence-electron chi connectivity index (χ0n) is 14.9. The lowest BCUT2D eigenvalue weighted by atomic mass is 10.0.